The van der Waals surface area contributed by atoms with Crippen LogP contribution in [0.2, 0.25) is 0 Å². The number of pyridine rings is 8. The van der Waals surface area contributed by atoms with Gasteiger partial charge in [0.1, 0.15) is 0 Å². The van der Waals surface area contributed by atoms with Crippen LogP contribution in [0.15, 0.2) is 403 Å². The fourth-order valence-corrected chi connectivity index (χ4v) is 17.9. The number of nitrogens with one attached hydrogen (secondary N) is 9. The second-order valence-corrected chi connectivity index (χ2v) is 35.5. The van der Waals surface area contributed by atoms with E-state index >= 15 is 0 Å². The maximum absolute atomic E-state index is 13.1. The topological polar surface area (TPSA) is 339 Å². The van der Waals surface area contributed by atoms with E-state index in [1.807, 2.05) is 273 Å². The van der Waals surface area contributed by atoms with E-state index in [-0.39, 0.29) is 51.4 Å². The summed E-state index contributed by atoms with van der Waals surface area (Å²) < 4.78 is 7.78. The third kappa shape index (κ3) is 22.2. The Kier molecular flexibility index (Phi) is 27.8. The van der Waals surface area contributed by atoms with E-state index < -0.39 is 0 Å². The molecule has 0 radical (unpaired) electrons. The standard InChI is InChI=1S/C31H29N5O2.C29H25N5O2.C28H25N5O2.C27H23N5O2/c37-29-21-25(12-15-32-29)28-11-10-27(30-33-16-19-36(28)30)34-26-8-6-24(7-9-26)31(38)35-17-13-23(14-18-35)20-22-4-2-1-3-5-22;1-19-2-6-22(7-3-19)29(13-14-29)33-28(36)20-4-8-23(9-5-20)32-24-10-11-25(34-17-16-31-27(24)34)21-12-15-30-26(35)18-21;1-32(17-14-20-5-3-2-4-6-20)28(35)21-7-9-23(10-8-21)31-24-11-12-25(33-18-16-30-27(24)33)22-13-15-29-26(34)19-22;1-31(18-19-5-3-2-4-6-19)27(34)20-7-9-22(10-8-20)30-23-11-12-24(32-16-15-29-26(23)32)21-13-14-28-25(33)17-21/h1-12,15-16,19,21,23,34H,13-14,17-18,20H2,(H,32,37);2-12,15-18,32H,13-14H2,1H3,(H,30,35)(H,33,36);2-13,15-16,18-19,31H,14,17H2,1H3,(H,29,34);2-17,30H,18H2,1H3,(H,28,33). The molecule has 1 saturated heterocycles. The number of aryl methyl sites for hydroxylation is 1. The monoisotopic (exact) mass is 1890 g/mol. The van der Waals surface area contributed by atoms with Crippen LogP contribution in [0.3, 0.4) is 0 Å². The molecule has 9 N–H and O–H groups in total. The van der Waals surface area contributed by atoms with Gasteiger partial charge in [-0.25, -0.2) is 19.9 Å². The van der Waals surface area contributed by atoms with Crippen molar-refractivity contribution >= 4 is 91.7 Å². The van der Waals surface area contributed by atoms with Gasteiger partial charge in [-0.3, -0.25) is 56.0 Å². The van der Waals surface area contributed by atoms with Gasteiger partial charge in [0.05, 0.1) is 51.1 Å². The first-order valence-corrected chi connectivity index (χ1v) is 47.2. The zero-order valence-corrected chi connectivity index (χ0v) is 78.7. The Bertz CT molecular complexity index is 8190. The van der Waals surface area contributed by atoms with E-state index in [2.05, 4.69) is 140 Å². The molecule has 1 aliphatic carbocycles. The Balaban J connectivity index is 0.000000121. The highest BCUT2D eigenvalue weighted by atomic mass is 16.2. The van der Waals surface area contributed by atoms with Crippen molar-refractivity contribution in [3.8, 4) is 45.0 Å². The summed E-state index contributed by atoms with van der Waals surface area (Å²) in [5.74, 6) is 0.602. The van der Waals surface area contributed by atoms with Crippen molar-refractivity contribution in [2.24, 2.45) is 5.92 Å². The summed E-state index contributed by atoms with van der Waals surface area (Å²) in [5.41, 5.74) is 24.2. The third-order valence-corrected chi connectivity index (χ3v) is 25.6. The average Bonchev–Trinajstić information content (AvgIpc) is 1.62. The Morgan fingerprint density at radius 1 is 0.371 bits per heavy atom. The van der Waals surface area contributed by atoms with Crippen LogP contribution in [0.1, 0.15) is 94.9 Å². The van der Waals surface area contributed by atoms with Gasteiger partial charge in [-0.1, -0.05) is 121 Å². The predicted molar refractivity (Wildman–Crippen MR) is 562 cm³/mol. The Labute approximate surface area is 822 Å². The van der Waals surface area contributed by atoms with Crippen LogP contribution in [0.25, 0.3) is 67.6 Å². The molecule has 0 spiro atoms. The SMILES string of the molecule is CN(CCc1ccccc1)C(=O)c1ccc(Nc2ccc(-c3cc[nH]c(=O)c3)n3ccnc23)cc1.CN(Cc1ccccc1)C(=O)c1ccc(Nc2ccc(-c3cc[nH]c(=O)c3)n3ccnc23)cc1.Cc1ccc(C2(NC(=O)c3ccc(Nc4ccc(-c5cc[nH]c(=O)c5)n5ccnc45)cc3)CC2)cc1.O=C(c1ccc(Nc2ccc(-c3cc[nH]c(=O)c3)n3ccnc23)cc1)N1CCC(Cc2ccccc2)CC1. The number of likely N-dealkylation sites (tertiary alicyclic amines) is 1. The maximum Gasteiger partial charge on any atom is 0.253 e. The predicted octanol–water partition coefficient (Wildman–Crippen LogP) is 20.1. The van der Waals surface area contributed by atoms with Gasteiger partial charge in [0.2, 0.25) is 22.2 Å². The zero-order valence-electron chi connectivity index (χ0n) is 78.7. The lowest BCUT2D eigenvalue weighted by atomic mass is 9.90. The smallest absolute Gasteiger partial charge is 0.253 e. The van der Waals surface area contributed by atoms with Crippen LogP contribution in [0.5, 0.6) is 0 Å². The van der Waals surface area contributed by atoms with Crippen LogP contribution < -0.4 is 48.8 Å². The molecule has 22 rings (SSSR count). The van der Waals surface area contributed by atoms with Crippen molar-refractivity contribution in [3.63, 3.8) is 0 Å². The second-order valence-electron chi connectivity index (χ2n) is 35.5. The quantitative estimate of drug-likeness (QED) is 0.0257. The van der Waals surface area contributed by atoms with Gasteiger partial charge in [-0.05, 0) is 243 Å². The third-order valence-electron chi connectivity index (χ3n) is 25.6. The summed E-state index contributed by atoms with van der Waals surface area (Å²) in [7, 11) is 3.63. The number of fused-ring (bicyclic) bond motifs is 4. The molecule has 710 valence electrons. The van der Waals surface area contributed by atoms with Crippen molar-refractivity contribution in [1.29, 1.82) is 0 Å². The van der Waals surface area contributed by atoms with Gasteiger partial charge in [0.25, 0.3) is 23.6 Å². The lowest BCUT2D eigenvalue weighted by Crippen LogP contribution is -2.38. The molecule has 28 nitrogen and oxygen atoms in total. The minimum absolute atomic E-state index is 0.00895. The first-order valence-electron chi connectivity index (χ1n) is 47.2. The average molecular weight is 1890 g/mol. The largest absolute Gasteiger partial charge is 0.352 e. The minimum atomic E-state index is -0.251. The number of hydrogen-bond acceptors (Lipinski definition) is 16. The first-order chi connectivity index (χ1) is 69.8. The first kappa shape index (κ1) is 93.4. The second kappa shape index (κ2) is 42.6. The fraction of sp³-hybridized carbons (Fsp3) is 0.130. The summed E-state index contributed by atoms with van der Waals surface area (Å²) in [4.78, 5) is 133. The molecule has 0 bridgehead atoms. The maximum atomic E-state index is 13.1. The van der Waals surface area contributed by atoms with Gasteiger partial charge in [-0.2, -0.15) is 0 Å². The Hall–Kier alpha value is -18.6. The molecule has 8 aromatic carbocycles. The number of likely N-dealkylation sites (N-methyl/N-ethyl adjacent to an activating group) is 1. The van der Waals surface area contributed by atoms with Crippen molar-refractivity contribution in [2.75, 3.05) is 55.0 Å². The molecule has 2 aliphatic rings. The van der Waals surface area contributed by atoms with E-state index in [0.717, 1.165) is 176 Å². The number of anilines is 8. The molecule has 20 aromatic rings. The molecule has 0 unspecified atom stereocenters. The fourth-order valence-electron chi connectivity index (χ4n) is 17.9. The number of nitrogens with zero attached hydrogens (tertiary/aromatic N) is 11. The van der Waals surface area contributed by atoms with E-state index in [1.165, 1.54) is 16.7 Å². The van der Waals surface area contributed by atoms with Gasteiger partial charge >= 0.3 is 0 Å². The van der Waals surface area contributed by atoms with Crippen LogP contribution in [0, 0.1) is 12.8 Å². The summed E-state index contributed by atoms with van der Waals surface area (Å²) >= 11 is 0. The summed E-state index contributed by atoms with van der Waals surface area (Å²) in [6.07, 6.45) is 26.8. The van der Waals surface area contributed by atoms with Gasteiger partial charge < -0.3 is 61.2 Å². The van der Waals surface area contributed by atoms with E-state index in [4.69, 9.17) is 0 Å². The number of rotatable bonds is 25. The molecule has 0 atom stereocenters. The molecule has 143 heavy (non-hydrogen) atoms. The number of aromatic nitrogens is 12. The van der Waals surface area contributed by atoms with Crippen molar-refractivity contribution in [3.05, 3.63) is 475 Å². The number of amides is 4. The van der Waals surface area contributed by atoms with Crippen molar-refractivity contribution < 1.29 is 19.2 Å². The molecule has 1 aliphatic heterocycles. The number of piperidine rings is 1. The van der Waals surface area contributed by atoms with Gasteiger partial charge in [0, 0.05) is 206 Å². The molecular weight excluding hydrogens is 1790 g/mol. The lowest BCUT2D eigenvalue weighted by Gasteiger charge is -2.32. The highest BCUT2D eigenvalue weighted by molar-refractivity contribution is 5.98. The van der Waals surface area contributed by atoms with E-state index in [0.29, 0.717) is 41.3 Å². The van der Waals surface area contributed by atoms with Crippen molar-refractivity contribution in [2.45, 2.75) is 57.5 Å². The number of H-pyrrole nitrogens is 4. The van der Waals surface area contributed by atoms with Crippen molar-refractivity contribution in [1.82, 2.24) is 77.5 Å². The highest BCUT2D eigenvalue weighted by Gasteiger charge is 2.46. The molecule has 12 aromatic heterocycles. The number of aromatic amines is 4. The van der Waals surface area contributed by atoms with Crippen LogP contribution in [0.4, 0.5) is 45.5 Å². The molecule has 2 fully saturated rings. The summed E-state index contributed by atoms with van der Waals surface area (Å²) in [5, 5.41) is 16.8. The Morgan fingerprint density at radius 3 is 1.06 bits per heavy atom. The number of carbonyl (C=O) groups is 4. The number of benzene rings is 8. The van der Waals surface area contributed by atoms with Gasteiger partial charge in [0.15, 0.2) is 22.6 Å². The van der Waals surface area contributed by atoms with Crippen LogP contribution in [-0.2, 0) is 24.9 Å². The normalized spacial score (nSPS) is 12.5. The molecule has 4 amide bonds. The highest BCUT2D eigenvalue weighted by Crippen LogP contribution is 2.46. The number of hydrogen-bond donors (Lipinski definition) is 9. The molecule has 1 saturated carbocycles. The van der Waals surface area contributed by atoms with E-state index in [1.54, 1.807) is 90.7 Å². The Morgan fingerprint density at radius 2 is 0.706 bits per heavy atom. The zero-order chi connectivity index (χ0) is 98.3. The lowest BCUT2D eigenvalue weighted by molar-refractivity contribution is 0.0689. The number of carbonyl (C=O) groups excluding carboxylic acids is 4. The number of imidazole rings is 4. The summed E-state index contributed by atoms with van der Waals surface area (Å²) in [6.45, 7) is 4.87. The van der Waals surface area contributed by atoms with E-state index in [9.17, 15) is 38.4 Å². The molecule has 13 heterocycles. The van der Waals surface area contributed by atoms with Crippen LogP contribution in [-0.4, -0.2) is 130 Å². The van der Waals surface area contributed by atoms with Gasteiger partial charge in [-0.15, -0.1) is 0 Å². The molecular formula is C115H102N20O8. The van der Waals surface area contributed by atoms with Crippen LogP contribution >= 0.6 is 0 Å². The minimum Gasteiger partial charge on any atom is -0.352 e. The summed E-state index contributed by atoms with van der Waals surface area (Å²) in [6, 6.07) is 98.3. The molecule has 28 heteroatoms.